The van der Waals surface area contributed by atoms with Crippen molar-refractivity contribution >= 4 is 23.9 Å². The fourth-order valence-corrected chi connectivity index (χ4v) is 5.30. The van der Waals surface area contributed by atoms with Gasteiger partial charge in [-0.15, -0.1) is 6.42 Å². The fraction of sp³-hybridized carbons (Fsp3) is 0.375. The zero-order valence-corrected chi connectivity index (χ0v) is 24.4. The number of carbonyl (C=O) groups excluding carboxylic acids is 4. The minimum Gasteiger partial charge on any atom is -0.445 e. The van der Waals surface area contributed by atoms with E-state index in [1.165, 1.54) is 16.0 Å². The number of hydrazine groups is 1. The highest BCUT2D eigenvalue weighted by molar-refractivity contribution is 5.91. The lowest BCUT2D eigenvalue weighted by molar-refractivity contribution is -0.189. The molecule has 2 atom stereocenters. The number of hydrogen-bond donors (Lipinski definition) is 2. The number of ether oxygens (including phenoxy) is 1. The Kier molecular flexibility index (Phi) is 10.8. The topological polar surface area (TPSA) is 115 Å². The molecular formula is C32H38N6O5. The lowest BCUT2D eigenvalue weighted by Gasteiger charge is -2.55. The Balaban J connectivity index is 1.59. The van der Waals surface area contributed by atoms with Crippen LogP contribution in [-0.4, -0.2) is 88.7 Å². The molecule has 0 aliphatic carbocycles. The molecule has 1 unspecified atom stereocenters. The van der Waals surface area contributed by atoms with E-state index in [-0.39, 0.29) is 57.6 Å². The minimum atomic E-state index is -0.833. The summed E-state index contributed by atoms with van der Waals surface area (Å²) in [4.78, 5) is 56.3. The number of urea groups is 1. The lowest BCUT2D eigenvalue weighted by atomic mass is 10.0. The summed E-state index contributed by atoms with van der Waals surface area (Å²) in [7, 11) is 0. The van der Waals surface area contributed by atoms with Gasteiger partial charge in [-0.3, -0.25) is 9.59 Å². The largest absolute Gasteiger partial charge is 0.445 e. The molecule has 2 aliphatic rings. The van der Waals surface area contributed by atoms with Crippen LogP contribution in [0.2, 0.25) is 0 Å². The van der Waals surface area contributed by atoms with Gasteiger partial charge >= 0.3 is 12.1 Å². The van der Waals surface area contributed by atoms with Gasteiger partial charge in [-0.05, 0) is 30.9 Å². The van der Waals surface area contributed by atoms with Crippen molar-refractivity contribution in [2.45, 2.75) is 45.1 Å². The van der Waals surface area contributed by atoms with Gasteiger partial charge in [0.1, 0.15) is 18.8 Å². The molecule has 0 saturated carbocycles. The fourth-order valence-electron chi connectivity index (χ4n) is 5.30. The Morgan fingerprint density at radius 3 is 2.53 bits per heavy atom. The summed E-state index contributed by atoms with van der Waals surface area (Å²) in [5, 5.41) is 8.64. The molecule has 11 nitrogen and oxygen atoms in total. The summed E-state index contributed by atoms with van der Waals surface area (Å²) in [6, 6.07) is 16.1. The molecule has 2 fully saturated rings. The summed E-state index contributed by atoms with van der Waals surface area (Å²) < 4.78 is 4.95. The van der Waals surface area contributed by atoms with Crippen molar-refractivity contribution in [3.8, 4) is 12.3 Å². The van der Waals surface area contributed by atoms with E-state index in [9.17, 15) is 19.2 Å². The first kappa shape index (κ1) is 31.1. The molecular weight excluding hydrogens is 548 g/mol. The Labute approximate surface area is 252 Å². The van der Waals surface area contributed by atoms with Crippen molar-refractivity contribution in [1.82, 2.24) is 30.5 Å². The van der Waals surface area contributed by atoms with Crippen molar-refractivity contribution in [3.05, 3.63) is 83.9 Å². The third-order valence-corrected chi connectivity index (χ3v) is 7.35. The Hall–Kier alpha value is -4.82. The Morgan fingerprint density at radius 2 is 1.84 bits per heavy atom. The van der Waals surface area contributed by atoms with Crippen molar-refractivity contribution in [2.75, 3.05) is 32.8 Å². The van der Waals surface area contributed by atoms with Crippen LogP contribution >= 0.6 is 0 Å². The van der Waals surface area contributed by atoms with Crippen LogP contribution in [0.3, 0.4) is 0 Å². The maximum atomic E-state index is 13.9. The number of carbonyl (C=O) groups is 4. The normalized spacial score (nSPS) is 18.5. The SMILES string of the molecule is C#CCN1CC(=O)N2C(CN(Cc3ccc(C)cc3)C(=O)[C@@H]2CCCNC(=O)OCC=C)N1C(=O)NCc1ccccc1. The zero-order chi connectivity index (χ0) is 30.8. The van der Waals surface area contributed by atoms with Crippen LogP contribution in [0.15, 0.2) is 67.3 Å². The molecule has 2 saturated heterocycles. The standard InChI is InChI=1S/C32H38N6O5/c1-4-18-36-23-29(39)37-27(12-9-17-33-32(42)43-19-5-2)30(40)35(21-26-15-13-24(3)14-16-26)22-28(37)38(36)31(41)34-20-25-10-7-6-8-11-25/h1,5-8,10-11,13-16,27-28H,2,9,12,17-23H2,3H3,(H,33,42)(H,34,41)/t27-,28?/m0/s1. The summed E-state index contributed by atoms with van der Waals surface area (Å²) in [6.07, 6.45) is 6.43. The van der Waals surface area contributed by atoms with E-state index < -0.39 is 24.3 Å². The molecule has 2 N–H and O–H groups in total. The lowest BCUT2D eigenvalue weighted by Crippen LogP contribution is -2.76. The first-order valence-electron chi connectivity index (χ1n) is 14.3. The number of alkyl carbamates (subject to hydrolysis) is 1. The molecule has 0 bridgehead atoms. The maximum absolute atomic E-state index is 13.9. The number of nitrogens with one attached hydrogen (secondary N) is 2. The molecule has 2 heterocycles. The number of fused-ring (bicyclic) bond motifs is 1. The molecule has 4 rings (SSSR count). The van der Waals surface area contributed by atoms with E-state index in [2.05, 4.69) is 23.1 Å². The average molecular weight is 587 g/mol. The predicted molar refractivity (Wildman–Crippen MR) is 161 cm³/mol. The predicted octanol–water partition coefficient (Wildman–Crippen LogP) is 2.63. The number of terminal acetylenes is 1. The monoisotopic (exact) mass is 586 g/mol. The molecule has 2 aromatic rings. The molecule has 11 heteroatoms. The number of benzene rings is 2. The van der Waals surface area contributed by atoms with Gasteiger partial charge in [-0.1, -0.05) is 78.7 Å². The van der Waals surface area contributed by atoms with Crippen molar-refractivity contribution in [2.24, 2.45) is 0 Å². The number of rotatable bonds is 11. The number of aryl methyl sites for hydroxylation is 1. The zero-order valence-electron chi connectivity index (χ0n) is 24.4. The second-order valence-electron chi connectivity index (χ2n) is 10.5. The number of piperazine rings is 1. The van der Waals surface area contributed by atoms with Crippen molar-refractivity contribution < 1.29 is 23.9 Å². The van der Waals surface area contributed by atoms with Crippen LogP contribution in [0.5, 0.6) is 0 Å². The van der Waals surface area contributed by atoms with Gasteiger partial charge in [0.15, 0.2) is 0 Å². The smallest absolute Gasteiger partial charge is 0.407 e. The third-order valence-electron chi connectivity index (χ3n) is 7.35. The highest BCUT2D eigenvalue weighted by Gasteiger charge is 2.51. The van der Waals surface area contributed by atoms with Crippen LogP contribution in [-0.2, 0) is 27.4 Å². The van der Waals surface area contributed by atoms with Crippen LogP contribution in [0.1, 0.15) is 29.5 Å². The molecule has 0 radical (unpaired) electrons. The van der Waals surface area contributed by atoms with Gasteiger partial charge in [-0.25, -0.2) is 14.6 Å². The quantitative estimate of drug-likeness (QED) is 0.238. The van der Waals surface area contributed by atoms with Gasteiger partial charge in [0, 0.05) is 19.6 Å². The third kappa shape index (κ3) is 7.93. The van der Waals surface area contributed by atoms with Crippen LogP contribution in [0, 0.1) is 19.3 Å². The highest BCUT2D eigenvalue weighted by Crippen LogP contribution is 2.29. The van der Waals surface area contributed by atoms with E-state index in [4.69, 9.17) is 11.2 Å². The van der Waals surface area contributed by atoms with Gasteiger partial charge < -0.3 is 25.2 Å². The number of hydrogen-bond acceptors (Lipinski definition) is 6. The first-order valence-corrected chi connectivity index (χ1v) is 14.3. The van der Waals surface area contributed by atoms with E-state index in [1.807, 2.05) is 61.5 Å². The molecule has 43 heavy (non-hydrogen) atoms. The molecule has 0 spiro atoms. The van der Waals surface area contributed by atoms with Gasteiger partial charge in [0.25, 0.3) is 0 Å². The number of amides is 5. The summed E-state index contributed by atoms with van der Waals surface area (Å²) in [5.74, 6) is 2.04. The molecule has 0 aromatic heterocycles. The van der Waals surface area contributed by atoms with Crippen molar-refractivity contribution in [1.29, 1.82) is 0 Å². The second-order valence-corrected chi connectivity index (χ2v) is 10.5. The molecule has 2 aromatic carbocycles. The van der Waals surface area contributed by atoms with Crippen molar-refractivity contribution in [3.63, 3.8) is 0 Å². The Morgan fingerprint density at radius 1 is 1.09 bits per heavy atom. The van der Waals surface area contributed by atoms with Gasteiger partial charge in [-0.2, -0.15) is 5.01 Å². The molecule has 226 valence electrons. The number of nitrogens with zero attached hydrogens (tertiary/aromatic N) is 4. The summed E-state index contributed by atoms with van der Waals surface area (Å²) in [5.41, 5.74) is 2.95. The van der Waals surface area contributed by atoms with Crippen LogP contribution in [0.4, 0.5) is 9.59 Å². The van der Waals surface area contributed by atoms with E-state index in [0.717, 1.165) is 16.7 Å². The second kappa shape index (κ2) is 14.9. The molecule has 5 amide bonds. The van der Waals surface area contributed by atoms with E-state index >= 15 is 0 Å². The minimum absolute atomic E-state index is 0.0438. The molecule has 2 aliphatic heterocycles. The summed E-state index contributed by atoms with van der Waals surface area (Å²) in [6.45, 7) is 6.44. The first-order chi connectivity index (χ1) is 20.8. The summed E-state index contributed by atoms with van der Waals surface area (Å²) >= 11 is 0. The highest BCUT2D eigenvalue weighted by atomic mass is 16.5. The van der Waals surface area contributed by atoms with Gasteiger partial charge in [0.2, 0.25) is 11.8 Å². The Bertz CT molecular complexity index is 1340. The van der Waals surface area contributed by atoms with Crippen LogP contribution in [0.25, 0.3) is 0 Å². The van der Waals surface area contributed by atoms with E-state index in [0.29, 0.717) is 13.0 Å². The van der Waals surface area contributed by atoms with E-state index in [1.54, 1.807) is 9.91 Å². The van der Waals surface area contributed by atoms with Gasteiger partial charge in [0.05, 0.1) is 19.6 Å². The van der Waals surface area contributed by atoms with Crippen LogP contribution < -0.4 is 10.6 Å². The average Bonchev–Trinajstić information content (AvgIpc) is 3.00. The maximum Gasteiger partial charge on any atom is 0.407 e.